The maximum Gasteiger partial charge on any atom is 0.122 e. The number of para-hydroxylation sites is 1. The first kappa shape index (κ1) is 15.0. The molecule has 0 amide bonds. The van der Waals surface area contributed by atoms with Crippen LogP contribution in [-0.2, 0) is 0 Å². The molecular formula is C16H14BrCl2NO. The largest absolute Gasteiger partial charge is 0.493 e. The molecule has 0 fully saturated rings. The van der Waals surface area contributed by atoms with Gasteiger partial charge in [-0.05, 0) is 30.2 Å². The molecule has 1 heterocycles. The molecule has 0 saturated carbocycles. The van der Waals surface area contributed by atoms with Gasteiger partial charge >= 0.3 is 0 Å². The molecule has 1 aliphatic heterocycles. The number of halogens is 3. The van der Waals surface area contributed by atoms with E-state index < -0.39 is 0 Å². The van der Waals surface area contributed by atoms with Gasteiger partial charge in [0.2, 0.25) is 0 Å². The third-order valence-corrected chi connectivity index (χ3v) is 4.67. The Balaban J connectivity index is 1.78. The summed E-state index contributed by atoms with van der Waals surface area (Å²) in [6.07, 6.45) is 0.982. The molecule has 2 aromatic carbocycles. The molecule has 0 radical (unpaired) electrons. The fraction of sp³-hybridized carbons (Fsp3) is 0.250. The van der Waals surface area contributed by atoms with Gasteiger partial charge in [0.05, 0.1) is 22.3 Å². The number of anilines is 1. The van der Waals surface area contributed by atoms with Gasteiger partial charge in [0, 0.05) is 16.9 Å². The Labute approximate surface area is 142 Å². The first-order valence-electron chi connectivity index (χ1n) is 6.75. The Morgan fingerprint density at radius 3 is 2.67 bits per heavy atom. The van der Waals surface area contributed by atoms with Crippen LogP contribution in [0.5, 0.6) is 5.75 Å². The van der Waals surface area contributed by atoms with E-state index in [9.17, 15) is 0 Å². The van der Waals surface area contributed by atoms with Gasteiger partial charge in [-0.2, -0.15) is 0 Å². The summed E-state index contributed by atoms with van der Waals surface area (Å²) in [5.74, 6) is 1.37. The molecule has 1 aliphatic rings. The number of fused-ring (bicyclic) bond motifs is 1. The van der Waals surface area contributed by atoms with E-state index in [-0.39, 0.29) is 0 Å². The second kappa shape index (κ2) is 6.47. The number of rotatable bonds is 3. The van der Waals surface area contributed by atoms with Crippen molar-refractivity contribution < 1.29 is 4.74 Å². The van der Waals surface area contributed by atoms with Gasteiger partial charge in [0.15, 0.2) is 0 Å². The van der Waals surface area contributed by atoms with Crippen molar-refractivity contribution in [2.45, 2.75) is 12.3 Å². The first-order valence-corrected chi connectivity index (χ1v) is 8.30. The number of ether oxygens (including phenoxy) is 1. The van der Waals surface area contributed by atoms with E-state index in [1.807, 2.05) is 30.3 Å². The molecule has 0 bridgehead atoms. The number of hydrogen-bond acceptors (Lipinski definition) is 2. The minimum absolute atomic E-state index is 0.394. The first-order chi connectivity index (χ1) is 10.1. The lowest BCUT2D eigenvalue weighted by Crippen LogP contribution is -2.20. The number of hydrogen-bond donors (Lipinski definition) is 1. The molecule has 21 heavy (non-hydrogen) atoms. The molecule has 5 heteroatoms. The van der Waals surface area contributed by atoms with Crippen molar-refractivity contribution in [2.75, 3.05) is 18.5 Å². The molecule has 0 saturated heterocycles. The lowest BCUT2D eigenvalue weighted by Gasteiger charge is -2.26. The third-order valence-electron chi connectivity index (χ3n) is 3.61. The third kappa shape index (κ3) is 3.31. The minimum Gasteiger partial charge on any atom is -0.493 e. The summed E-state index contributed by atoms with van der Waals surface area (Å²) >= 11 is 15.9. The predicted molar refractivity (Wildman–Crippen MR) is 91.9 cm³/mol. The molecule has 1 unspecified atom stereocenters. The second-order valence-electron chi connectivity index (χ2n) is 5.00. The minimum atomic E-state index is 0.394. The van der Waals surface area contributed by atoms with E-state index in [1.165, 1.54) is 5.56 Å². The Hall–Kier alpha value is -0.900. The second-order valence-corrected chi connectivity index (χ2v) is 6.73. The van der Waals surface area contributed by atoms with Crippen molar-refractivity contribution in [1.82, 2.24) is 0 Å². The molecule has 1 N–H and O–H groups in total. The van der Waals surface area contributed by atoms with Gasteiger partial charge in [0.25, 0.3) is 0 Å². The normalized spacial score (nSPS) is 17.0. The summed E-state index contributed by atoms with van der Waals surface area (Å²) in [7, 11) is 0. The number of nitrogens with one attached hydrogen (secondary N) is 1. The van der Waals surface area contributed by atoms with Gasteiger partial charge in [-0.3, -0.25) is 0 Å². The van der Waals surface area contributed by atoms with Crippen LogP contribution >= 0.6 is 39.1 Å². The molecular weight excluding hydrogens is 373 g/mol. The summed E-state index contributed by atoms with van der Waals surface area (Å²) < 4.78 is 6.56. The maximum absolute atomic E-state index is 6.25. The molecule has 2 aromatic rings. The average Bonchev–Trinajstić information content (AvgIpc) is 2.46. The Morgan fingerprint density at radius 2 is 1.90 bits per heavy atom. The predicted octanol–water partition coefficient (Wildman–Crippen LogP) is 5.73. The lowest BCUT2D eigenvalue weighted by molar-refractivity contribution is 0.270. The fourth-order valence-electron chi connectivity index (χ4n) is 2.56. The average molecular weight is 387 g/mol. The monoisotopic (exact) mass is 385 g/mol. The van der Waals surface area contributed by atoms with E-state index in [0.717, 1.165) is 35.5 Å². The summed E-state index contributed by atoms with van der Waals surface area (Å²) in [4.78, 5) is 0. The smallest absolute Gasteiger partial charge is 0.122 e. The Bertz CT molecular complexity index is 639. The summed E-state index contributed by atoms with van der Waals surface area (Å²) in [5.41, 5.74) is 2.02. The summed E-state index contributed by atoms with van der Waals surface area (Å²) in [6, 6.07) is 11.9. The zero-order chi connectivity index (χ0) is 14.8. The highest BCUT2D eigenvalue weighted by Gasteiger charge is 2.21. The quantitative estimate of drug-likeness (QED) is 0.726. The van der Waals surface area contributed by atoms with Crippen LogP contribution in [0.15, 0.2) is 40.9 Å². The van der Waals surface area contributed by atoms with E-state index in [4.69, 9.17) is 27.9 Å². The van der Waals surface area contributed by atoms with Crippen LogP contribution < -0.4 is 10.1 Å². The van der Waals surface area contributed by atoms with Gasteiger partial charge < -0.3 is 10.1 Å². The Kier molecular flexibility index (Phi) is 4.63. The van der Waals surface area contributed by atoms with Gasteiger partial charge in [-0.25, -0.2) is 0 Å². The lowest BCUT2D eigenvalue weighted by atomic mass is 9.93. The van der Waals surface area contributed by atoms with Crippen LogP contribution in [0.1, 0.15) is 17.9 Å². The molecule has 0 aromatic heterocycles. The molecule has 1 atom stereocenters. The molecule has 0 aliphatic carbocycles. The summed E-state index contributed by atoms with van der Waals surface area (Å²) in [5, 5.41) is 4.62. The number of benzene rings is 2. The standard InChI is InChI=1S/C16H14BrCl2NO/c17-11-7-13(18)16(14(19)8-11)20-9-10-5-6-21-15-4-2-1-3-12(10)15/h1-4,7-8,10,20H,5-6,9H2. The molecule has 0 spiro atoms. The highest BCUT2D eigenvalue weighted by atomic mass is 79.9. The van der Waals surface area contributed by atoms with Crippen molar-refractivity contribution >= 4 is 44.8 Å². The van der Waals surface area contributed by atoms with Crippen molar-refractivity contribution in [2.24, 2.45) is 0 Å². The summed E-state index contributed by atoms with van der Waals surface area (Å²) in [6.45, 7) is 1.52. The van der Waals surface area contributed by atoms with Crippen LogP contribution in [-0.4, -0.2) is 13.2 Å². The molecule has 3 rings (SSSR count). The van der Waals surface area contributed by atoms with Gasteiger partial charge in [-0.1, -0.05) is 57.3 Å². The van der Waals surface area contributed by atoms with E-state index in [2.05, 4.69) is 27.3 Å². The molecule has 110 valence electrons. The van der Waals surface area contributed by atoms with Crippen molar-refractivity contribution in [1.29, 1.82) is 0 Å². The fourth-order valence-corrected chi connectivity index (χ4v) is 3.91. The zero-order valence-electron chi connectivity index (χ0n) is 11.2. The van der Waals surface area contributed by atoms with E-state index in [1.54, 1.807) is 0 Å². The van der Waals surface area contributed by atoms with Crippen LogP contribution in [0, 0.1) is 0 Å². The van der Waals surface area contributed by atoms with Gasteiger partial charge in [-0.15, -0.1) is 0 Å². The SMILES string of the molecule is Clc1cc(Br)cc(Cl)c1NCC1CCOc2ccccc21. The van der Waals surface area contributed by atoms with Crippen molar-refractivity contribution in [3.63, 3.8) is 0 Å². The topological polar surface area (TPSA) is 21.3 Å². The van der Waals surface area contributed by atoms with Crippen LogP contribution in [0.3, 0.4) is 0 Å². The van der Waals surface area contributed by atoms with Crippen LogP contribution in [0.25, 0.3) is 0 Å². The van der Waals surface area contributed by atoms with Crippen LogP contribution in [0.2, 0.25) is 10.0 Å². The zero-order valence-corrected chi connectivity index (χ0v) is 14.3. The van der Waals surface area contributed by atoms with Gasteiger partial charge in [0.1, 0.15) is 5.75 Å². The molecule has 2 nitrogen and oxygen atoms in total. The van der Waals surface area contributed by atoms with E-state index in [0.29, 0.717) is 16.0 Å². The Morgan fingerprint density at radius 1 is 1.19 bits per heavy atom. The highest BCUT2D eigenvalue weighted by Crippen LogP contribution is 2.37. The highest BCUT2D eigenvalue weighted by molar-refractivity contribution is 9.10. The van der Waals surface area contributed by atoms with E-state index >= 15 is 0 Å². The van der Waals surface area contributed by atoms with Crippen molar-refractivity contribution in [3.8, 4) is 5.75 Å². The van der Waals surface area contributed by atoms with Crippen LogP contribution in [0.4, 0.5) is 5.69 Å². The maximum atomic E-state index is 6.25. The van der Waals surface area contributed by atoms with Crippen molar-refractivity contribution in [3.05, 3.63) is 56.5 Å².